The molecule has 0 saturated carbocycles. The molecule has 8 nitrogen and oxygen atoms in total. The fourth-order valence-corrected chi connectivity index (χ4v) is 2.74. The van der Waals surface area contributed by atoms with Crippen LogP contribution in [0.1, 0.15) is 56.5 Å². The molecule has 2 rings (SSSR count). The standard InChI is InChI=1S/C19H25BO8/c1-5-13(21)9-12-8-11-6-7-14(22)15(16(11)28-20(12)25)17(23)26-10-27-18(24)19(2,3)4/h6-7,12,22,25H,5,8-10H2,1-4H3/t12-/m1/s1. The third-order valence-corrected chi connectivity index (χ3v) is 4.42. The zero-order valence-electron chi connectivity index (χ0n) is 16.5. The topological polar surface area (TPSA) is 119 Å². The Balaban J connectivity index is 2.14. The number of phenols is 1. The lowest BCUT2D eigenvalue weighted by Crippen LogP contribution is -2.36. The Bertz CT molecular complexity index is 768. The van der Waals surface area contributed by atoms with E-state index in [4.69, 9.17) is 14.1 Å². The minimum Gasteiger partial charge on any atom is -0.535 e. The van der Waals surface area contributed by atoms with Gasteiger partial charge in [0.05, 0.1) is 5.41 Å². The summed E-state index contributed by atoms with van der Waals surface area (Å²) in [5.74, 6) is -2.33. The smallest absolute Gasteiger partial charge is 0.526 e. The fraction of sp³-hybridized carbons (Fsp3) is 0.526. The van der Waals surface area contributed by atoms with Crippen molar-refractivity contribution in [2.75, 3.05) is 6.79 Å². The summed E-state index contributed by atoms with van der Waals surface area (Å²) in [6.45, 7) is 6.10. The van der Waals surface area contributed by atoms with Gasteiger partial charge in [-0.2, -0.15) is 0 Å². The van der Waals surface area contributed by atoms with Crippen molar-refractivity contribution in [2.45, 2.75) is 52.8 Å². The number of Topliss-reactive ketones (excluding diaryl/α,β-unsaturated/α-hetero) is 1. The van der Waals surface area contributed by atoms with Gasteiger partial charge in [-0.15, -0.1) is 0 Å². The number of hydrogen-bond donors (Lipinski definition) is 2. The third-order valence-electron chi connectivity index (χ3n) is 4.42. The highest BCUT2D eigenvalue weighted by Crippen LogP contribution is 2.40. The van der Waals surface area contributed by atoms with Gasteiger partial charge in [0.1, 0.15) is 22.8 Å². The summed E-state index contributed by atoms with van der Waals surface area (Å²) in [6.07, 6.45) is 0.818. The fourth-order valence-electron chi connectivity index (χ4n) is 2.74. The van der Waals surface area contributed by atoms with Crippen LogP contribution in [0.25, 0.3) is 0 Å². The van der Waals surface area contributed by atoms with Gasteiger partial charge in [-0.3, -0.25) is 9.59 Å². The highest BCUT2D eigenvalue weighted by molar-refractivity contribution is 6.47. The molecule has 0 fully saturated rings. The van der Waals surface area contributed by atoms with E-state index in [9.17, 15) is 24.5 Å². The lowest BCUT2D eigenvalue weighted by molar-refractivity contribution is -0.161. The van der Waals surface area contributed by atoms with Crippen LogP contribution in [0.2, 0.25) is 5.82 Å². The van der Waals surface area contributed by atoms with E-state index in [-0.39, 0.29) is 29.3 Å². The van der Waals surface area contributed by atoms with Crippen LogP contribution in [0.4, 0.5) is 0 Å². The van der Waals surface area contributed by atoms with Gasteiger partial charge in [0.15, 0.2) is 0 Å². The maximum Gasteiger partial charge on any atom is 0.526 e. The van der Waals surface area contributed by atoms with Crippen LogP contribution >= 0.6 is 0 Å². The van der Waals surface area contributed by atoms with Gasteiger partial charge in [-0.1, -0.05) is 13.0 Å². The first-order valence-electron chi connectivity index (χ1n) is 9.10. The van der Waals surface area contributed by atoms with Gasteiger partial charge < -0.3 is 24.3 Å². The molecular weight excluding hydrogens is 367 g/mol. The highest BCUT2D eigenvalue weighted by atomic mass is 16.7. The van der Waals surface area contributed by atoms with Gasteiger partial charge in [0, 0.05) is 18.7 Å². The Kier molecular flexibility index (Phi) is 6.71. The highest BCUT2D eigenvalue weighted by Gasteiger charge is 2.38. The molecular formula is C19H25BO8. The minimum atomic E-state index is -1.30. The van der Waals surface area contributed by atoms with E-state index < -0.39 is 37.1 Å². The van der Waals surface area contributed by atoms with Crippen LogP contribution in [0, 0.1) is 5.41 Å². The zero-order chi connectivity index (χ0) is 21.1. The average Bonchev–Trinajstić information content (AvgIpc) is 2.61. The predicted molar refractivity (Wildman–Crippen MR) is 99.9 cm³/mol. The summed E-state index contributed by atoms with van der Waals surface area (Å²) in [5.41, 5.74) is -0.446. The van der Waals surface area contributed by atoms with E-state index in [1.165, 1.54) is 6.07 Å². The Morgan fingerprint density at radius 2 is 1.93 bits per heavy atom. The van der Waals surface area contributed by atoms with E-state index in [1.54, 1.807) is 33.8 Å². The predicted octanol–water partition coefficient (Wildman–Crippen LogP) is 2.25. The van der Waals surface area contributed by atoms with Gasteiger partial charge in [-0.05, 0) is 38.8 Å². The van der Waals surface area contributed by atoms with E-state index in [2.05, 4.69) is 0 Å². The number of fused-ring (bicyclic) bond motifs is 1. The molecule has 1 aromatic carbocycles. The number of carbonyl (C=O) groups is 3. The molecule has 0 bridgehead atoms. The zero-order valence-corrected chi connectivity index (χ0v) is 16.5. The van der Waals surface area contributed by atoms with Crippen molar-refractivity contribution in [3.63, 3.8) is 0 Å². The first-order chi connectivity index (χ1) is 13.0. The molecule has 152 valence electrons. The molecule has 1 heterocycles. The molecule has 1 aliphatic heterocycles. The number of benzene rings is 1. The van der Waals surface area contributed by atoms with Crippen molar-refractivity contribution in [2.24, 2.45) is 5.41 Å². The number of carbonyl (C=O) groups excluding carboxylic acids is 3. The molecule has 0 spiro atoms. The van der Waals surface area contributed by atoms with Gasteiger partial charge in [-0.25, -0.2) is 4.79 Å². The van der Waals surface area contributed by atoms with Crippen LogP contribution in [0.3, 0.4) is 0 Å². The van der Waals surface area contributed by atoms with E-state index >= 15 is 0 Å². The molecule has 0 unspecified atom stereocenters. The number of esters is 2. The van der Waals surface area contributed by atoms with Crippen molar-refractivity contribution in [3.8, 4) is 11.5 Å². The summed E-state index contributed by atoms with van der Waals surface area (Å²) in [7, 11) is -1.30. The van der Waals surface area contributed by atoms with Crippen LogP contribution in [0.5, 0.6) is 11.5 Å². The second-order valence-electron chi connectivity index (χ2n) is 7.75. The second kappa shape index (κ2) is 8.64. The summed E-state index contributed by atoms with van der Waals surface area (Å²) in [5, 5.41) is 20.3. The minimum absolute atomic E-state index is 0.000143. The largest absolute Gasteiger partial charge is 0.535 e. The normalized spacial score (nSPS) is 16.0. The van der Waals surface area contributed by atoms with Gasteiger partial charge in [0.25, 0.3) is 0 Å². The third kappa shape index (κ3) is 5.04. The number of phenolic OH excluding ortho intramolecular Hbond substituents is 1. The molecule has 0 radical (unpaired) electrons. The molecule has 0 saturated heterocycles. The van der Waals surface area contributed by atoms with Gasteiger partial charge >= 0.3 is 19.1 Å². The Morgan fingerprint density at radius 3 is 2.54 bits per heavy atom. The summed E-state index contributed by atoms with van der Waals surface area (Å²) in [6, 6.07) is 2.88. The Morgan fingerprint density at radius 1 is 1.25 bits per heavy atom. The second-order valence-corrected chi connectivity index (χ2v) is 7.75. The van der Waals surface area contributed by atoms with Crippen molar-refractivity contribution in [1.29, 1.82) is 0 Å². The quantitative estimate of drug-likeness (QED) is 0.430. The van der Waals surface area contributed by atoms with Crippen LogP contribution in [-0.4, -0.2) is 41.8 Å². The van der Waals surface area contributed by atoms with E-state index in [0.29, 0.717) is 18.4 Å². The van der Waals surface area contributed by atoms with Crippen molar-refractivity contribution in [3.05, 3.63) is 23.3 Å². The molecule has 9 heteroatoms. The maximum absolute atomic E-state index is 12.4. The average molecular weight is 392 g/mol. The molecule has 0 aliphatic carbocycles. The van der Waals surface area contributed by atoms with E-state index in [0.717, 1.165) is 0 Å². The monoisotopic (exact) mass is 392 g/mol. The molecule has 1 atom stereocenters. The van der Waals surface area contributed by atoms with Crippen molar-refractivity contribution in [1.82, 2.24) is 0 Å². The van der Waals surface area contributed by atoms with E-state index in [1.807, 2.05) is 0 Å². The number of hydrogen-bond acceptors (Lipinski definition) is 8. The van der Waals surface area contributed by atoms with Crippen LogP contribution in [-0.2, 0) is 25.5 Å². The summed E-state index contributed by atoms with van der Waals surface area (Å²) < 4.78 is 15.3. The molecule has 1 aliphatic rings. The Labute approximate surface area is 163 Å². The molecule has 0 amide bonds. The van der Waals surface area contributed by atoms with Crippen LogP contribution < -0.4 is 4.65 Å². The number of ether oxygens (including phenoxy) is 2. The van der Waals surface area contributed by atoms with Crippen molar-refractivity contribution < 1.29 is 38.6 Å². The molecule has 0 aromatic heterocycles. The van der Waals surface area contributed by atoms with Crippen molar-refractivity contribution >= 4 is 24.8 Å². The molecule has 28 heavy (non-hydrogen) atoms. The SMILES string of the molecule is CCC(=O)C[C@H]1Cc2ccc(O)c(C(=O)OCOC(=O)C(C)(C)C)c2OB1O. The lowest BCUT2D eigenvalue weighted by atomic mass is 9.64. The molecule has 1 aromatic rings. The van der Waals surface area contributed by atoms with Gasteiger partial charge in [0.2, 0.25) is 6.79 Å². The maximum atomic E-state index is 12.4. The lowest BCUT2D eigenvalue weighted by Gasteiger charge is -2.28. The number of rotatable bonds is 6. The number of ketones is 1. The first kappa shape index (κ1) is 21.8. The summed E-state index contributed by atoms with van der Waals surface area (Å²) >= 11 is 0. The summed E-state index contributed by atoms with van der Waals surface area (Å²) in [4.78, 5) is 35.8. The van der Waals surface area contributed by atoms with Crippen LogP contribution in [0.15, 0.2) is 12.1 Å². The molecule has 2 N–H and O–H groups in total. The Hall–Kier alpha value is -2.55. The first-order valence-corrected chi connectivity index (χ1v) is 9.10. The number of aromatic hydroxyl groups is 1.